The van der Waals surface area contributed by atoms with Gasteiger partial charge in [0.05, 0.1) is 11.6 Å². The first-order valence-corrected chi connectivity index (χ1v) is 11.8. The Morgan fingerprint density at radius 3 is 2.53 bits per heavy atom. The second-order valence-electron chi connectivity index (χ2n) is 9.41. The summed E-state index contributed by atoms with van der Waals surface area (Å²) >= 11 is 7.01. The Kier molecular flexibility index (Phi) is 8.75. The SMILES string of the molecule is CCOC1=C(\C(CC)=C(F)/C=C/C(C)=C/C(=O)O)CC2C(C(C)C)=CCC(C)(C)C2=C1Cl. The van der Waals surface area contributed by atoms with Crippen LogP contribution in [-0.2, 0) is 9.53 Å². The first-order chi connectivity index (χ1) is 14.9. The van der Waals surface area contributed by atoms with Crippen molar-refractivity contribution in [2.45, 2.75) is 67.7 Å². The van der Waals surface area contributed by atoms with Crippen LogP contribution in [0.3, 0.4) is 0 Å². The Hall–Kier alpha value is -2.07. The van der Waals surface area contributed by atoms with E-state index in [4.69, 9.17) is 21.4 Å². The number of allylic oxidation sites excluding steroid dienone is 10. The summed E-state index contributed by atoms with van der Waals surface area (Å²) in [6.45, 7) is 14.7. The second-order valence-corrected chi connectivity index (χ2v) is 9.79. The lowest BCUT2D eigenvalue weighted by Crippen LogP contribution is -2.32. The number of hydrogen-bond donors (Lipinski definition) is 1. The number of carboxylic acids is 1. The molecule has 176 valence electrons. The van der Waals surface area contributed by atoms with E-state index < -0.39 is 11.8 Å². The van der Waals surface area contributed by atoms with Gasteiger partial charge in [-0.05, 0) is 67.2 Å². The van der Waals surface area contributed by atoms with Gasteiger partial charge in [0.2, 0.25) is 0 Å². The van der Waals surface area contributed by atoms with Crippen LogP contribution >= 0.6 is 11.6 Å². The van der Waals surface area contributed by atoms with Crippen LogP contribution in [0.2, 0.25) is 0 Å². The highest BCUT2D eigenvalue weighted by atomic mass is 35.5. The van der Waals surface area contributed by atoms with Crippen molar-refractivity contribution in [3.63, 3.8) is 0 Å². The predicted molar refractivity (Wildman–Crippen MR) is 130 cm³/mol. The van der Waals surface area contributed by atoms with Crippen LogP contribution in [-0.4, -0.2) is 17.7 Å². The fraction of sp³-hybridized carbons (Fsp3) is 0.519. The van der Waals surface area contributed by atoms with Crippen molar-refractivity contribution >= 4 is 17.6 Å². The highest BCUT2D eigenvalue weighted by Crippen LogP contribution is 2.54. The predicted octanol–water partition coefficient (Wildman–Crippen LogP) is 8.02. The third-order valence-corrected chi connectivity index (χ3v) is 6.63. The number of hydrogen-bond acceptors (Lipinski definition) is 2. The zero-order valence-corrected chi connectivity index (χ0v) is 21.1. The van der Waals surface area contributed by atoms with Gasteiger partial charge in [0, 0.05) is 17.6 Å². The zero-order chi connectivity index (χ0) is 24.2. The molecular formula is C27H36ClFO3. The Morgan fingerprint density at radius 1 is 1.34 bits per heavy atom. The van der Waals surface area contributed by atoms with Crippen LogP contribution < -0.4 is 0 Å². The van der Waals surface area contributed by atoms with Crippen molar-refractivity contribution in [3.05, 3.63) is 68.8 Å². The van der Waals surface area contributed by atoms with Crippen molar-refractivity contribution in [3.8, 4) is 0 Å². The molecule has 1 unspecified atom stereocenters. The van der Waals surface area contributed by atoms with E-state index in [1.165, 1.54) is 23.3 Å². The summed E-state index contributed by atoms with van der Waals surface area (Å²) in [6.07, 6.45) is 8.23. The van der Waals surface area contributed by atoms with Crippen LogP contribution in [0.25, 0.3) is 0 Å². The molecule has 5 heteroatoms. The quantitative estimate of drug-likeness (QED) is 0.225. The molecule has 0 saturated carbocycles. The molecule has 0 bridgehead atoms. The van der Waals surface area contributed by atoms with Crippen LogP contribution in [0.1, 0.15) is 67.7 Å². The molecule has 0 amide bonds. The first-order valence-electron chi connectivity index (χ1n) is 11.4. The molecule has 32 heavy (non-hydrogen) atoms. The standard InChI is InChI=1S/C27H36ClFO3/c1-8-18(22(29)11-10-17(5)14-23(30)31)21-15-20-19(16(3)4)12-13-27(6,7)24(20)25(28)26(21)32-9-2/h10-12,14,16,20H,8-9,13,15H2,1-7H3,(H,30,31)/b11-10+,17-14+,22-18+. The zero-order valence-electron chi connectivity index (χ0n) is 20.3. The first kappa shape index (κ1) is 26.2. The molecule has 2 rings (SSSR count). The summed E-state index contributed by atoms with van der Waals surface area (Å²) in [6, 6.07) is 0. The Balaban J connectivity index is 2.69. The molecule has 2 aliphatic carbocycles. The van der Waals surface area contributed by atoms with Gasteiger partial charge < -0.3 is 9.84 Å². The van der Waals surface area contributed by atoms with E-state index in [1.54, 1.807) is 6.92 Å². The van der Waals surface area contributed by atoms with Crippen LogP contribution in [0.4, 0.5) is 4.39 Å². The van der Waals surface area contributed by atoms with Gasteiger partial charge >= 0.3 is 5.97 Å². The molecule has 0 aromatic heterocycles. The Bertz CT molecular complexity index is 942. The van der Waals surface area contributed by atoms with Gasteiger partial charge in [-0.2, -0.15) is 0 Å². The molecule has 0 aromatic carbocycles. The minimum absolute atomic E-state index is 0.0959. The molecule has 0 spiro atoms. The minimum atomic E-state index is -1.06. The van der Waals surface area contributed by atoms with E-state index in [0.29, 0.717) is 47.3 Å². The maximum atomic E-state index is 15.4. The number of ether oxygens (including phenoxy) is 1. The van der Waals surface area contributed by atoms with Gasteiger partial charge in [0.15, 0.2) is 0 Å². The number of fused-ring (bicyclic) bond motifs is 1. The average molecular weight is 463 g/mol. The average Bonchev–Trinajstić information content (AvgIpc) is 2.68. The van der Waals surface area contributed by atoms with Gasteiger partial charge in [-0.25, -0.2) is 9.18 Å². The molecule has 1 atom stereocenters. The highest BCUT2D eigenvalue weighted by molar-refractivity contribution is 6.32. The third-order valence-electron chi connectivity index (χ3n) is 6.25. The largest absolute Gasteiger partial charge is 0.492 e. The molecule has 1 N–H and O–H groups in total. The topological polar surface area (TPSA) is 46.5 Å². The normalized spacial score (nSPS) is 22.2. The van der Waals surface area contributed by atoms with Gasteiger partial charge in [0.25, 0.3) is 0 Å². The summed E-state index contributed by atoms with van der Waals surface area (Å²) in [5, 5.41) is 9.50. The van der Waals surface area contributed by atoms with Crippen LogP contribution in [0.15, 0.2) is 68.8 Å². The number of carbonyl (C=O) groups is 1. The number of aliphatic carboxylic acids is 1. The third kappa shape index (κ3) is 5.64. The van der Waals surface area contributed by atoms with Crippen molar-refractivity contribution in [2.75, 3.05) is 6.61 Å². The van der Waals surface area contributed by atoms with Gasteiger partial charge in [-0.15, -0.1) is 0 Å². The van der Waals surface area contributed by atoms with E-state index in [9.17, 15) is 4.79 Å². The maximum Gasteiger partial charge on any atom is 0.328 e. The van der Waals surface area contributed by atoms with E-state index in [-0.39, 0.29) is 11.3 Å². The van der Waals surface area contributed by atoms with Gasteiger partial charge in [0.1, 0.15) is 11.6 Å². The molecule has 3 nitrogen and oxygen atoms in total. The molecule has 0 saturated heterocycles. The monoisotopic (exact) mass is 462 g/mol. The lowest BCUT2D eigenvalue weighted by Gasteiger charge is -2.44. The summed E-state index contributed by atoms with van der Waals surface area (Å²) in [5.41, 5.74) is 4.25. The summed E-state index contributed by atoms with van der Waals surface area (Å²) in [4.78, 5) is 10.8. The number of rotatable bonds is 8. The van der Waals surface area contributed by atoms with Crippen molar-refractivity contribution < 1.29 is 19.0 Å². The molecular weight excluding hydrogens is 427 g/mol. The maximum absolute atomic E-state index is 15.4. The lowest BCUT2D eigenvalue weighted by atomic mass is 9.62. The van der Waals surface area contributed by atoms with Crippen molar-refractivity contribution in [1.29, 1.82) is 0 Å². The van der Waals surface area contributed by atoms with Crippen molar-refractivity contribution in [1.82, 2.24) is 0 Å². The lowest BCUT2D eigenvalue weighted by molar-refractivity contribution is -0.131. The minimum Gasteiger partial charge on any atom is -0.492 e. The van der Waals surface area contributed by atoms with Gasteiger partial charge in [-0.1, -0.05) is 63.9 Å². The van der Waals surface area contributed by atoms with E-state index in [1.807, 2.05) is 13.8 Å². The Labute approximate surface area is 197 Å². The number of halogens is 2. The van der Waals surface area contributed by atoms with E-state index in [2.05, 4.69) is 33.8 Å². The highest BCUT2D eigenvalue weighted by Gasteiger charge is 2.42. The molecule has 0 radical (unpaired) electrons. The van der Waals surface area contributed by atoms with Crippen LogP contribution in [0.5, 0.6) is 0 Å². The number of carboxylic acid groups (broad SMARTS) is 1. The smallest absolute Gasteiger partial charge is 0.328 e. The summed E-state index contributed by atoms with van der Waals surface area (Å²) < 4.78 is 21.4. The van der Waals surface area contributed by atoms with Crippen LogP contribution in [0, 0.1) is 17.3 Å². The summed E-state index contributed by atoms with van der Waals surface area (Å²) in [5.74, 6) is -0.378. The molecule has 0 fully saturated rings. The molecule has 0 aliphatic heterocycles. The van der Waals surface area contributed by atoms with E-state index >= 15 is 4.39 Å². The summed E-state index contributed by atoms with van der Waals surface area (Å²) in [7, 11) is 0. The fourth-order valence-corrected chi connectivity index (χ4v) is 5.31. The molecule has 2 aliphatic rings. The van der Waals surface area contributed by atoms with Gasteiger partial charge in [-0.3, -0.25) is 0 Å². The molecule has 0 aromatic rings. The second kappa shape index (κ2) is 10.7. The Morgan fingerprint density at radius 2 is 2.00 bits per heavy atom. The van der Waals surface area contributed by atoms with Crippen molar-refractivity contribution in [2.24, 2.45) is 17.3 Å². The molecule has 0 heterocycles. The van der Waals surface area contributed by atoms with E-state index in [0.717, 1.165) is 18.1 Å². The fourth-order valence-electron chi connectivity index (χ4n) is 4.75.